The van der Waals surface area contributed by atoms with Gasteiger partial charge >= 0.3 is 0 Å². The number of para-hydroxylation sites is 1. The molecule has 3 aromatic rings. The Kier molecular flexibility index (Phi) is 5.90. The Morgan fingerprint density at radius 2 is 2.09 bits per heavy atom. The summed E-state index contributed by atoms with van der Waals surface area (Å²) in [6.07, 6.45) is 3.89. The number of ether oxygens (including phenoxy) is 1. The first-order valence-corrected chi connectivity index (χ1v) is 11.2. The average Bonchev–Trinajstić information content (AvgIpc) is 3.37. The van der Waals surface area contributed by atoms with E-state index in [1.807, 2.05) is 49.4 Å². The molecular weight excluding hydrogens is 404 g/mol. The van der Waals surface area contributed by atoms with Gasteiger partial charge in [0.15, 0.2) is 12.4 Å². The highest BCUT2D eigenvalue weighted by molar-refractivity contribution is 5.77. The Morgan fingerprint density at radius 3 is 2.84 bits per heavy atom. The lowest BCUT2D eigenvalue weighted by Gasteiger charge is -2.49. The van der Waals surface area contributed by atoms with E-state index >= 15 is 0 Å². The zero-order chi connectivity index (χ0) is 21.9. The summed E-state index contributed by atoms with van der Waals surface area (Å²) in [5.74, 6) is 3.11. The molecule has 2 aromatic heterocycles. The monoisotopic (exact) mass is 432 g/mol. The zero-order valence-electron chi connectivity index (χ0n) is 18.2. The molecule has 3 saturated heterocycles. The van der Waals surface area contributed by atoms with Crippen molar-refractivity contribution in [1.82, 2.24) is 20.2 Å². The number of nitrogens with one attached hydrogen (secondary N) is 1. The smallest absolute Gasteiger partial charge is 0.257 e. The molecule has 4 atom stereocenters. The molecule has 1 amide bonds. The molecule has 3 aliphatic heterocycles. The van der Waals surface area contributed by atoms with Crippen molar-refractivity contribution in [3.63, 3.8) is 0 Å². The lowest BCUT2D eigenvalue weighted by Crippen LogP contribution is -2.56. The Hall–Kier alpha value is -3.19. The summed E-state index contributed by atoms with van der Waals surface area (Å²) in [6, 6.07) is 15.7. The number of nitrogens with zero attached hydrogens (tertiary/aromatic N) is 3. The number of carbonyl (C=O) groups is 1. The molecule has 1 N–H and O–H groups in total. The topological polar surface area (TPSA) is 80.5 Å². The van der Waals surface area contributed by atoms with E-state index in [4.69, 9.17) is 14.1 Å². The van der Waals surface area contributed by atoms with Crippen LogP contribution >= 0.6 is 0 Å². The first-order chi connectivity index (χ1) is 15.7. The van der Waals surface area contributed by atoms with Crippen molar-refractivity contribution in [3.05, 3.63) is 66.3 Å². The van der Waals surface area contributed by atoms with Gasteiger partial charge in [-0.1, -0.05) is 18.2 Å². The molecule has 1 unspecified atom stereocenters. The maximum atomic E-state index is 12.3. The lowest BCUT2D eigenvalue weighted by molar-refractivity contribution is -0.123. The van der Waals surface area contributed by atoms with Crippen molar-refractivity contribution in [2.24, 2.45) is 5.92 Å². The van der Waals surface area contributed by atoms with Crippen molar-refractivity contribution in [2.75, 3.05) is 26.2 Å². The molecule has 166 valence electrons. The molecule has 32 heavy (non-hydrogen) atoms. The maximum Gasteiger partial charge on any atom is 0.257 e. The quantitative estimate of drug-likeness (QED) is 0.616. The number of furan rings is 1. The van der Waals surface area contributed by atoms with Crippen molar-refractivity contribution in [2.45, 2.75) is 31.7 Å². The van der Waals surface area contributed by atoms with Gasteiger partial charge in [0.05, 0.1) is 6.26 Å². The van der Waals surface area contributed by atoms with Crippen LogP contribution in [0.3, 0.4) is 0 Å². The molecule has 2 bridgehead atoms. The van der Waals surface area contributed by atoms with Crippen LogP contribution < -0.4 is 10.1 Å². The summed E-state index contributed by atoms with van der Waals surface area (Å²) in [6.45, 7) is 4.66. The number of rotatable bonds is 7. The molecule has 0 aliphatic carbocycles. The van der Waals surface area contributed by atoms with Gasteiger partial charge < -0.3 is 14.5 Å². The summed E-state index contributed by atoms with van der Waals surface area (Å²) in [4.78, 5) is 24.1. The number of aromatic nitrogens is 2. The molecule has 0 saturated carbocycles. The number of hydrogen-bond donors (Lipinski definition) is 1. The molecule has 0 radical (unpaired) electrons. The van der Waals surface area contributed by atoms with Crippen molar-refractivity contribution < 1.29 is 13.9 Å². The Morgan fingerprint density at radius 1 is 1.22 bits per heavy atom. The fourth-order valence-electron chi connectivity index (χ4n) is 4.97. The Bertz CT molecular complexity index is 1050. The van der Waals surface area contributed by atoms with Gasteiger partial charge in [-0.2, -0.15) is 0 Å². The predicted molar refractivity (Wildman–Crippen MR) is 120 cm³/mol. The van der Waals surface area contributed by atoms with E-state index in [1.54, 1.807) is 6.26 Å². The molecular formula is C25H28N4O3. The van der Waals surface area contributed by atoms with E-state index in [-0.39, 0.29) is 12.5 Å². The van der Waals surface area contributed by atoms with Gasteiger partial charge in [-0.05, 0) is 62.6 Å². The molecule has 3 fully saturated rings. The van der Waals surface area contributed by atoms with Crippen LogP contribution in [0.1, 0.15) is 30.3 Å². The van der Waals surface area contributed by atoms with Gasteiger partial charge in [-0.3, -0.25) is 9.69 Å². The second-order valence-corrected chi connectivity index (χ2v) is 8.65. The van der Waals surface area contributed by atoms with Crippen LogP contribution in [0.15, 0.2) is 59.2 Å². The van der Waals surface area contributed by atoms with Gasteiger partial charge in [0, 0.05) is 30.7 Å². The van der Waals surface area contributed by atoms with Crippen LogP contribution in [0.4, 0.5) is 0 Å². The zero-order valence-corrected chi connectivity index (χ0v) is 18.2. The summed E-state index contributed by atoms with van der Waals surface area (Å²) < 4.78 is 11.1. The fraction of sp³-hybridized carbons (Fsp3) is 0.400. The van der Waals surface area contributed by atoms with Gasteiger partial charge in [0.25, 0.3) is 5.91 Å². The number of hydrogen-bond acceptors (Lipinski definition) is 6. The minimum Gasteiger partial charge on any atom is -0.484 e. The number of fused-ring (bicyclic) bond motifs is 3. The Labute approximate surface area is 187 Å². The first-order valence-electron chi connectivity index (χ1n) is 11.2. The van der Waals surface area contributed by atoms with E-state index in [9.17, 15) is 4.79 Å². The van der Waals surface area contributed by atoms with Crippen LogP contribution in [0, 0.1) is 12.8 Å². The van der Waals surface area contributed by atoms with Crippen LogP contribution in [-0.4, -0.2) is 53.1 Å². The van der Waals surface area contributed by atoms with Gasteiger partial charge in [-0.25, -0.2) is 9.97 Å². The molecule has 7 heteroatoms. The second kappa shape index (κ2) is 9.12. The standard InChI is InChI=1S/C25H28N4O3/c1-17-27-22(13-23(28-17)24-8-5-11-31-24)21-15-29-10-9-18(21)12-19(29)14-26-25(30)16-32-20-6-3-2-4-7-20/h2-8,11,13,18-19,21H,9-10,12,14-16H2,1H3,(H,26,30)/t18-,19+,21+/m0/s1. The van der Waals surface area contributed by atoms with Crippen LogP contribution in [0.2, 0.25) is 0 Å². The number of carbonyl (C=O) groups excluding carboxylic acids is 1. The third-order valence-electron chi connectivity index (χ3n) is 6.54. The minimum atomic E-state index is -0.0810. The van der Waals surface area contributed by atoms with Gasteiger partial charge in [-0.15, -0.1) is 0 Å². The highest BCUT2D eigenvalue weighted by Crippen LogP contribution is 2.41. The van der Waals surface area contributed by atoms with Crippen LogP contribution in [0.25, 0.3) is 11.5 Å². The van der Waals surface area contributed by atoms with E-state index in [0.29, 0.717) is 30.2 Å². The number of aryl methyl sites for hydroxylation is 1. The summed E-state index contributed by atoms with van der Waals surface area (Å²) >= 11 is 0. The minimum absolute atomic E-state index is 0.0402. The van der Waals surface area contributed by atoms with E-state index in [2.05, 4.69) is 21.3 Å². The number of amides is 1. The van der Waals surface area contributed by atoms with E-state index in [0.717, 1.165) is 48.9 Å². The van der Waals surface area contributed by atoms with Gasteiger partial charge in [0.1, 0.15) is 17.3 Å². The summed E-state index contributed by atoms with van der Waals surface area (Å²) in [5.41, 5.74) is 1.94. The molecule has 7 nitrogen and oxygen atoms in total. The average molecular weight is 433 g/mol. The molecule has 5 heterocycles. The van der Waals surface area contributed by atoms with Crippen LogP contribution in [0.5, 0.6) is 5.75 Å². The maximum absolute atomic E-state index is 12.3. The van der Waals surface area contributed by atoms with Crippen molar-refractivity contribution >= 4 is 5.91 Å². The highest BCUT2D eigenvalue weighted by atomic mass is 16.5. The van der Waals surface area contributed by atoms with E-state index < -0.39 is 0 Å². The summed E-state index contributed by atoms with van der Waals surface area (Å²) in [7, 11) is 0. The number of benzene rings is 1. The van der Waals surface area contributed by atoms with Crippen LogP contribution in [-0.2, 0) is 4.79 Å². The highest BCUT2D eigenvalue weighted by Gasteiger charge is 2.41. The predicted octanol–water partition coefficient (Wildman–Crippen LogP) is 3.42. The van der Waals surface area contributed by atoms with Crippen molar-refractivity contribution in [1.29, 1.82) is 0 Å². The van der Waals surface area contributed by atoms with E-state index in [1.165, 1.54) is 0 Å². The largest absolute Gasteiger partial charge is 0.484 e. The lowest BCUT2D eigenvalue weighted by atomic mass is 9.74. The van der Waals surface area contributed by atoms with Gasteiger partial charge in [0.2, 0.25) is 0 Å². The Balaban J connectivity index is 1.18. The fourth-order valence-corrected chi connectivity index (χ4v) is 4.97. The number of piperidine rings is 3. The molecule has 3 aliphatic rings. The molecule has 0 spiro atoms. The molecule has 1 aromatic carbocycles. The third kappa shape index (κ3) is 4.53. The SMILES string of the molecule is Cc1nc(-c2ccco2)cc([C@@H]2CN3CC[C@H]2C[C@@H]3CNC(=O)COc2ccccc2)n1. The second-order valence-electron chi connectivity index (χ2n) is 8.65. The first kappa shape index (κ1) is 20.7. The molecule has 6 rings (SSSR count). The third-order valence-corrected chi connectivity index (χ3v) is 6.54. The summed E-state index contributed by atoms with van der Waals surface area (Å²) in [5, 5.41) is 3.06. The normalized spacial score (nSPS) is 24.3. The van der Waals surface area contributed by atoms with Crippen molar-refractivity contribution in [3.8, 4) is 17.2 Å².